The molecule has 0 aliphatic carbocycles. The fraction of sp³-hybridized carbons (Fsp3) is 0.702. The van der Waals surface area contributed by atoms with E-state index in [0.29, 0.717) is 12.8 Å². The Bertz CT molecular complexity index is 1130. The first-order valence-corrected chi connectivity index (χ1v) is 23.8. The van der Waals surface area contributed by atoms with Crippen molar-refractivity contribution in [3.63, 3.8) is 0 Å². The van der Waals surface area contributed by atoms with Gasteiger partial charge >= 0.3 is 19.8 Å². The number of carbonyl (C=O) groups is 2. The minimum atomic E-state index is -4.77. The molecule has 0 aromatic heterocycles. The molecule has 322 valence electrons. The molecule has 0 aliphatic heterocycles. The first kappa shape index (κ1) is 53.5. The van der Waals surface area contributed by atoms with Crippen molar-refractivity contribution in [1.82, 2.24) is 0 Å². The highest BCUT2D eigenvalue weighted by molar-refractivity contribution is 7.46. The summed E-state index contributed by atoms with van der Waals surface area (Å²) < 4.78 is 26.4. The van der Waals surface area contributed by atoms with Crippen molar-refractivity contribution in [3.8, 4) is 0 Å². The van der Waals surface area contributed by atoms with Crippen molar-refractivity contribution >= 4 is 19.8 Å². The molecule has 0 rings (SSSR count). The Morgan fingerprint density at radius 1 is 0.482 bits per heavy atom. The minimum Gasteiger partial charge on any atom is -0.462 e. The fourth-order valence-corrected chi connectivity index (χ4v) is 6.28. The van der Waals surface area contributed by atoms with Crippen LogP contribution in [-0.4, -0.2) is 41.0 Å². The van der Waals surface area contributed by atoms with Crippen LogP contribution < -0.4 is 0 Å². The van der Waals surface area contributed by atoms with E-state index in [0.717, 1.165) is 70.6 Å². The summed E-state index contributed by atoms with van der Waals surface area (Å²) in [6.07, 6.45) is 54.8. The molecule has 56 heavy (non-hydrogen) atoms. The highest BCUT2D eigenvalue weighted by atomic mass is 31.2. The van der Waals surface area contributed by atoms with Crippen LogP contribution in [0.5, 0.6) is 0 Å². The average Bonchev–Trinajstić information content (AvgIpc) is 3.17. The minimum absolute atomic E-state index is 0.199. The number of rotatable bonds is 40. The Kier molecular flexibility index (Phi) is 40.2. The standard InChI is InChI=1S/C47H81O8P/c1-3-5-7-9-11-13-15-17-19-21-23-25-27-29-31-33-35-37-39-41-46(48)53-43-45(44-54-56(50,51)52)55-47(49)42-40-38-36-34-32-30-28-26-24-22-20-18-16-14-12-10-8-6-4-2/h5,7,11,13,17-20,23,25,29,31,45H,3-4,6,8-10,12,14-16,21-22,24,26-28,30,32-44H2,1-2H3,(H2,50,51,52)/b7-5+,13-11+,19-17+,20-18+,25-23+,31-29+/t45-/m1/s1. The Morgan fingerprint density at radius 3 is 1.32 bits per heavy atom. The largest absolute Gasteiger partial charge is 0.469 e. The molecule has 0 aliphatic rings. The fourth-order valence-electron chi connectivity index (χ4n) is 5.92. The zero-order valence-electron chi connectivity index (χ0n) is 35.5. The van der Waals surface area contributed by atoms with Crippen molar-refractivity contribution in [2.45, 2.75) is 200 Å². The maximum Gasteiger partial charge on any atom is 0.469 e. The molecule has 1 atom stereocenters. The maximum absolute atomic E-state index is 12.4. The van der Waals surface area contributed by atoms with Gasteiger partial charge in [-0.1, -0.05) is 170 Å². The molecule has 0 radical (unpaired) electrons. The van der Waals surface area contributed by atoms with Gasteiger partial charge in [0.1, 0.15) is 6.61 Å². The molecule has 0 saturated heterocycles. The smallest absolute Gasteiger partial charge is 0.462 e. The van der Waals surface area contributed by atoms with Crippen molar-refractivity contribution in [3.05, 3.63) is 72.9 Å². The van der Waals surface area contributed by atoms with Crippen molar-refractivity contribution in [1.29, 1.82) is 0 Å². The summed E-state index contributed by atoms with van der Waals surface area (Å²) in [5.74, 6) is -0.927. The molecule has 0 fully saturated rings. The molecular weight excluding hydrogens is 723 g/mol. The Morgan fingerprint density at radius 2 is 0.857 bits per heavy atom. The lowest BCUT2D eigenvalue weighted by Crippen LogP contribution is -2.29. The van der Waals surface area contributed by atoms with E-state index in [1.807, 2.05) is 0 Å². The van der Waals surface area contributed by atoms with E-state index in [2.05, 4.69) is 91.3 Å². The summed E-state index contributed by atoms with van der Waals surface area (Å²) in [6, 6.07) is 0. The maximum atomic E-state index is 12.4. The van der Waals surface area contributed by atoms with Gasteiger partial charge in [-0.2, -0.15) is 0 Å². The van der Waals surface area contributed by atoms with E-state index < -0.39 is 32.5 Å². The topological polar surface area (TPSA) is 119 Å². The third kappa shape index (κ3) is 44.2. The molecule has 0 aromatic carbocycles. The van der Waals surface area contributed by atoms with E-state index in [1.54, 1.807) is 0 Å². The van der Waals surface area contributed by atoms with Crippen LogP contribution in [-0.2, 0) is 28.2 Å². The summed E-state index contributed by atoms with van der Waals surface area (Å²) in [5.41, 5.74) is 0. The third-order valence-corrected chi connectivity index (χ3v) is 9.69. The van der Waals surface area contributed by atoms with Gasteiger partial charge in [-0.25, -0.2) is 4.57 Å². The Hall–Kier alpha value is -2.51. The number of phosphoric ester groups is 1. The van der Waals surface area contributed by atoms with Gasteiger partial charge in [-0.05, 0) is 83.5 Å². The van der Waals surface area contributed by atoms with Gasteiger partial charge in [0.15, 0.2) is 6.10 Å². The van der Waals surface area contributed by atoms with E-state index in [9.17, 15) is 14.2 Å². The Balaban J connectivity index is 3.97. The molecule has 8 nitrogen and oxygen atoms in total. The number of carbonyl (C=O) groups excluding carboxylic acids is 2. The van der Waals surface area contributed by atoms with Gasteiger partial charge in [0.25, 0.3) is 0 Å². The van der Waals surface area contributed by atoms with Crippen LogP contribution in [0.2, 0.25) is 0 Å². The third-order valence-electron chi connectivity index (χ3n) is 9.21. The van der Waals surface area contributed by atoms with Crippen molar-refractivity contribution in [2.24, 2.45) is 0 Å². The summed E-state index contributed by atoms with van der Waals surface area (Å²) in [6.45, 7) is 3.54. The van der Waals surface area contributed by atoms with Crippen molar-refractivity contribution in [2.75, 3.05) is 13.2 Å². The van der Waals surface area contributed by atoms with Gasteiger partial charge in [-0.15, -0.1) is 0 Å². The van der Waals surface area contributed by atoms with Gasteiger partial charge in [-0.3, -0.25) is 14.1 Å². The number of hydrogen-bond acceptors (Lipinski definition) is 6. The normalized spacial score (nSPS) is 13.1. The number of esters is 2. The summed E-state index contributed by atoms with van der Waals surface area (Å²) >= 11 is 0. The molecule has 0 unspecified atom stereocenters. The van der Waals surface area contributed by atoms with E-state index in [1.165, 1.54) is 83.5 Å². The molecule has 0 bridgehead atoms. The van der Waals surface area contributed by atoms with Crippen LogP contribution in [0.4, 0.5) is 0 Å². The average molecular weight is 805 g/mol. The first-order chi connectivity index (χ1) is 27.3. The lowest BCUT2D eigenvalue weighted by Gasteiger charge is -2.18. The van der Waals surface area contributed by atoms with Gasteiger partial charge in [0.2, 0.25) is 0 Å². The number of phosphoric acid groups is 1. The van der Waals surface area contributed by atoms with Crippen LogP contribution in [0.1, 0.15) is 194 Å². The molecule has 9 heteroatoms. The molecule has 2 N–H and O–H groups in total. The molecule has 0 saturated carbocycles. The number of unbranched alkanes of at least 4 members (excludes halogenated alkanes) is 18. The SMILES string of the molecule is CC/C=C/C/C=C/C/C=C/C/C=C/C/C=C/CCCCCC(=O)OC[C@H](COP(=O)(O)O)OC(=O)CCCCCCCCCCC/C=C/CCCCCCCC. The highest BCUT2D eigenvalue weighted by Gasteiger charge is 2.22. The quantitative estimate of drug-likeness (QED) is 0.0272. The second-order valence-corrected chi connectivity index (χ2v) is 15.9. The number of hydrogen-bond donors (Lipinski definition) is 2. The number of allylic oxidation sites excluding steroid dienone is 12. The lowest BCUT2D eigenvalue weighted by atomic mass is 10.1. The molecular formula is C47H81O8P. The lowest BCUT2D eigenvalue weighted by molar-refractivity contribution is -0.161. The van der Waals surface area contributed by atoms with Crippen LogP contribution in [0.25, 0.3) is 0 Å². The molecule has 0 aromatic rings. The predicted molar refractivity (Wildman–Crippen MR) is 234 cm³/mol. The van der Waals surface area contributed by atoms with Crippen LogP contribution in [0.15, 0.2) is 72.9 Å². The highest BCUT2D eigenvalue weighted by Crippen LogP contribution is 2.36. The molecule has 0 heterocycles. The molecule has 0 amide bonds. The molecule has 0 spiro atoms. The van der Waals surface area contributed by atoms with E-state index >= 15 is 0 Å². The van der Waals surface area contributed by atoms with Gasteiger partial charge in [0.05, 0.1) is 6.61 Å². The van der Waals surface area contributed by atoms with E-state index in [4.69, 9.17) is 19.3 Å². The predicted octanol–water partition coefficient (Wildman–Crippen LogP) is 13.9. The summed E-state index contributed by atoms with van der Waals surface area (Å²) in [4.78, 5) is 42.9. The zero-order valence-corrected chi connectivity index (χ0v) is 36.4. The second kappa shape index (κ2) is 42.1. The van der Waals surface area contributed by atoms with E-state index in [-0.39, 0.29) is 19.4 Å². The van der Waals surface area contributed by atoms with Gasteiger partial charge in [0, 0.05) is 12.8 Å². The van der Waals surface area contributed by atoms with Crippen molar-refractivity contribution < 1.29 is 37.9 Å². The van der Waals surface area contributed by atoms with Gasteiger partial charge < -0.3 is 19.3 Å². The first-order valence-electron chi connectivity index (χ1n) is 22.2. The monoisotopic (exact) mass is 805 g/mol. The second-order valence-electron chi connectivity index (χ2n) is 14.6. The summed E-state index contributed by atoms with van der Waals surface area (Å²) in [5, 5.41) is 0. The zero-order chi connectivity index (χ0) is 41.1. The van der Waals surface area contributed by atoms with Crippen LogP contribution in [0, 0.1) is 0 Å². The number of ether oxygens (including phenoxy) is 2. The Labute approximate surface area is 342 Å². The van der Waals surface area contributed by atoms with Crippen LogP contribution in [0.3, 0.4) is 0 Å². The summed E-state index contributed by atoms with van der Waals surface area (Å²) in [7, 11) is -4.77. The van der Waals surface area contributed by atoms with Crippen LogP contribution >= 0.6 is 7.82 Å².